The number of anilines is 1. The predicted molar refractivity (Wildman–Crippen MR) is 114 cm³/mol. The molecule has 2 fully saturated rings. The first-order valence-electron chi connectivity index (χ1n) is 10.0. The molecule has 4 heterocycles. The van der Waals surface area contributed by atoms with Crippen LogP contribution in [0.25, 0.3) is 0 Å². The van der Waals surface area contributed by atoms with Crippen molar-refractivity contribution in [3.63, 3.8) is 0 Å². The summed E-state index contributed by atoms with van der Waals surface area (Å²) in [6.07, 6.45) is 6.07. The third-order valence-electron chi connectivity index (χ3n) is 5.31. The monoisotopic (exact) mass is 468 g/mol. The molecule has 10 nitrogen and oxygen atoms in total. The van der Waals surface area contributed by atoms with Crippen LogP contribution in [-0.4, -0.2) is 76.0 Å². The van der Waals surface area contributed by atoms with E-state index in [4.69, 9.17) is 32.7 Å². The van der Waals surface area contributed by atoms with E-state index in [1.807, 2.05) is 9.80 Å². The van der Waals surface area contributed by atoms with Gasteiger partial charge in [0.1, 0.15) is 6.61 Å². The van der Waals surface area contributed by atoms with E-state index >= 15 is 0 Å². The fraction of sp³-hybridized carbons (Fsp3) is 0.526. The van der Waals surface area contributed by atoms with E-state index in [0.717, 1.165) is 12.8 Å². The first-order valence-corrected chi connectivity index (χ1v) is 10.8. The number of halogens is 2. The van der Waals surface area contributed by atoms with Gasteiger partial charge in [0.05, 0.1) is 42.2 Å². The number of nitrogens with one attached hydrogen (secondary N) is 1. The molecule has 166 valence electrons. The lowest BCUT2D eigenvalue weighted by molar-refractivity contribution is -0.134. The van der Waals surface area contributed by atoms with Crippen molar-refractivity contribution in [3.05, 3.63) is 39.0 Å². The molecular weight excluding hydrogens is 447 g/mol. The van der Waals surface area contributed by atoms with E-state index in [9.17, 15) is 9.59 Å². The number of amides is 1. The molecule has 4 rings (SSSR count). The van der Waals surface area contributed by atoms with Gasteiger partial charge in [0.25, 0.3) is 5.56 Å². The highest BCUT2D eigenvalue weighted by atomic mass is 35.5. The number of H-pyrrole nitrogens is 1. The van der Waals surface area contributed by atoms with Crippen LogP contribution in [0.2, 0.25) is 10.0 Å². The zero-order valence-corrected chi connectivity index (χ0v) is 18.2. The van der Waals surface area contributed by atoms with Crippen molar-refractivity contribution in [2.45, 2.75) is 31.5 Å². The summed E-state index contributed by atoms with van der Waals surface area (Å²) < 4.78 is 11.5. The van der Waals surface area contributed by atoms with Crippen molar-refractivity contribution in [1.29, 1.82) is 0 Å². The molecular formula is C19H22Cl2N6O4. The van der Waals surface area contributed by atoms with Gasteiger partial charge in [0.15, 0.2) is 10.8 Å². The lowest BCUT2D eigenvalue weighted by atomic mass is 10.1. The summed E-state index contributed by atoms with van der Waals surface area (Å²) in [6, 6.07) is 0. The van der Waals surface area contributed by atoms with Crippen LogP contribution < -0.4 is 15.2 Å². The Kier molecular flexibility index (Phi) is 6.89. The number of carbonyl (C=O) groups excluding carboxylic acids is 1. The Labute approximate surface area is 188 Å². The van der Waals surface area contributed by atoms with E-state index in [1.165, 1.54) is 6.20 Å². The van der Waals surface area contributed by atoms with Crippen molar-refractivity contribution >= 4 is 35.1 Å². The minimum absolute atomic E-state index is 0.0390. The maximum atomic E-state index is 12.7. The summed E-state index contributed by atoms with van der Waals surface area (Å²) in [7, 11) is 0. The summed E-state index contributed by atoms with van der Waals surface area (Å²) in [5.74, 6) is 0.912. The number of aromatic amines is 1. The molecule has 0 bridgehead atoms. The summed E-state index contributed by atoms with van der Waals surface area (Å²) in [6.45, 7) is 2.80. The number of ether oxygens (including phenoxy) is 2. The Hall–Kier alpha value is -2.43. The zero-order valence-electron chi connectivity index (χ0n) is 16.7. The summed E-state index contributed by atoms with van der Waals surface area (Å²) in [5.41, 5.74) is -0.502. The number of carbonyl (C=O) groups is 1. The Bertz CT molecular complexity index is 965. The predicted octanol–water partition coefficient (Wildman–Crippen LogP) is 1.53. The molecule has 0 spiro atoms. The number of aromatic nitrogens is 4. The number of piperazine rings is 1. The molecule has 31 heavy (non-hydrogen) atoms. The smallest absolute Gasteiger partial charge is 0.286 e. The van der Waals surface area contributed by atoms with Crippen molar-refractivity contribution in [2.75, 3.05) is 37.7 Å². The number of rotatable bonds is 6. The Morgan fingerprint density at radius 2 is 1.84 bits per heavy atom. The molecule has 0 radical (unpaired) electrons. The normalized spacial score (nSPS) is 21.4. The molecule has 2 aliphatic rings. The van der Waals surface area contributed by atoms with E-state index < -0.39 is 5.56 Å². The van der Waals surface area contributed by atoms with Crippen LogP contribution in [0.5, 0.6) is 5.75 Å². The largest absolute Gasteiger partial charge is 0.487 e. The van der Waals surface area contributed by atoms with Crippen molar-refractivity contribution < 1.29 is 14.3 Å². The highest BCUT2D eigenvalue weighted by Gasteiger charge is 2.30. The van der Waals surface area contributed by atoms with Gasteiger partial charge in [0.2, 0.25) is 11.9 Å². The highest BCUT2D eigenvalue weighted by Crippen LogP contribution is 2.25. The molecule has 2 atom stereocenters. The van der Waals surface area contributed by atoms with Gasteiger partial charge in [-0.2, -0.15) is 5.10 Å². The molecule has 2 aromatic rings. The SMILES string of the molecule is O=C(C[C@@H]1CC[C@H](COc2cn[nH]c(=O)c2Cl)O1)N1CCN(c2ncc(Cl)cn2)CC1. The minimum atomic E-state index is -0.502. The zero-order chi connectivity index (χ0) is 21.8. The second-order valence-electron chi connectivity index (χ2n) is 7.42. The van der Waals surface area contributed by atoms with Gasteiger partial charge >= 0.3 is 0 Å². The van der Waals surface area contributed by atoms with Crippen molar-refractivity contribution in [2.24, 2.45) is 0 Å². The quantitative estimate of drug-likeness (QED) is 0.678. The van der Waals surface area contributed by atoms with Crippen LogP contribution in [0.3, 0.4) is 0 Å². The maximum absolute atomic E-state index is 12.7. The number of nitrogens with zero attached hydrogens (tertiary/aromatic N) is 5. The van der Waals surface area contributed by atoms with Gasteiger partial charge in [0, 0.05) is 26.2 Å². The highest BCUT2D eigenvalue weighted by molar-refractivity contribution is 6.31. The van der Waals surface area contributed by atoms with Gasteiger partial charge in [-0.25, -0.2) is 15.1 Å². The van der Waals surface area contributed by atoms with Crippen LogP contribution in [0.1, 0.15) is 19.3 Å². The van der Waals surface area contributed by atoms with Gasteiger partial charge in [-0.05, 0) is 12.8 Å². The van der Waals surface area contributed by atoms with Crippen LogP contribution in [0.15, 0.2) is 23.4 Å². The average Bonchev–Trinajstić information content (AvgIpc) is 3.22. The Morgan fingerprint density at radius 1 is 1.13 bits per heavy atom. The van der Waals surface area contributed by atoms with E-state index in [1.54, 1.807) is 12.4 Å². The first-order chi connectivity index (χ1) is 15.0. The van der Waals surface area contributed by atoms with Gasteiger partial charge in [-0.3, -0.25) is 9.59 Å². The third-order valence-corrected chi connectivity index (χ3v) is 5.86. The summed E-state index contributed by atoms with van der Waals surface area (Å²) >= 11 is 11.7. The second-order valence-corrected chi connectivity index (χ2v) is 8.23. The fourth-order valence-corrected chi connectivity index (χ4v) is 3.90. The van der Waals surface area contributed by atoms with Crippen molar-refractivity contribution in [3.8, 4) is 5.75 Å². The van der Waals surface area contributed by atoms with Crippen LogP contribution in [0, 0.1) is 0 Å². The van der Waals surface area contributed by atoms with Gasteiger partial charge < -0.3 is 19.3 Å². The molecule has 12 heteroatoms. The molecule has 1 amide bonds. The molecule has 0 aliphatic carbocycles. The van der Waals surface area contributed by atoms with Crippen LogP contribution in [-0.2, 0) is 9.53 Å². The Balaban J connectivity index is 1.20. The molecule has 2 aromatic heterocycles. The van der Waals surface area contributed by atoms with Crippen molar-refractivity contribution in [1.82, 2.24) is 25.1 Å². The maximum Gasteiger partial charge on any atom is 0.286 e. The topological polar surface area (TPSA) is 114 Å². The van der Waals surface area contributed by atoms with E-state index in [2.05, 4.69) is 20.2 Å². The van der Waals surface area contributed by atoms with Gasteiger partial charge in [-0.1, -0.05) is 23.2 Å². The standard InChI is InChI=1S/C19H22Cl2N6O4/c20-12-8-22-19(23-9-12)27-5-3-26(4-6-27)16(28)7-13-1-2-14(31-13)11-30-15-10-24-25-18(29)17(15)21/h8-10,13-14H,1-7,11H2,(H,25,29)/t13-,14+/m0/s1. The molecule has 0 saturated carbocycles. The lowest BCUT2D eigenvalue weighted by Gasteiger charge is -2.35. The van der Waals surface area contributed by atoms with Crippen LogP contribution in [0.4, 0.5) is 5.95 Å². The molecule has 0 aromatic carbocycles. The average molecular weight is 469 g/mol. The lowest BCUT2D eigenvalue weighted by Crippen LogP contribution is -2.49. The summed E-state index contributed by atoms with van der Waals surface area (Å²) in [4.78, 5) is 36.5. The van der Waals surface area contributed by atoms with Gasteiger partial charge in [-0.15, -0.1) is 0 Å². The van der Waals surface area contributed by atoms with E-state index in [0.29, 0.717) is 43.6 Å². The number of hydrogen-bond acceptors (Lipinski definition) is 8. The minimum Gasteiger partial charge on any atom is -0.487 e. The van der Waals surface area contributed by atoms with E-state index in [-0.39, 0.29) is 35.5 Å². The fourth-order valence-electron chi connectivity index (χ4n) is 3.65. The molecule has 0 unspecified atom stereocenters. The first kappa shape index (κ1) is 21.8. The number of hydrogen-bond donors (Lipinski definition) is 1. The molecule has 2 saturated heterocycles. The third kappa shape index (κ3) is 5.44. The summed E-state index contributed by atoms with van der Waals surface area (Å²) in [5, 5.41) is 6.36. The van der Waals surface area contributed by atoms with Crippen LogP contribution >= 0.6 is 23.2 Å². The molecule has 2 aliphatic heterocycles. The Morgan fingerprint density at radius 3 is 2.58 bits per heavy atom. The molecule has 1 N–H and O–H groups in total. The second kappa shape index (κ2) is 9.80.